The van der Waals surface area contributed by atoms with Crippen molar-refractivity contribution in [2.75, 3.05) is 0 Å². The molecule has 0 saturated heterocycles. The maximum absolute atomic E-state index is 12.9. The van der Waals surface area contributed by atoms with Gasteiger partial charge in [-0.25, -0.2) is 8.78 Å². The largest absolute Gasteiger partial charge is 0.365 e. The Bertz CT molecular complexity index is 461. The minimum Gasteiger partial charge on any atom is -0.365 e. The van der Waals surface area contributed by atoms with Crippen LogP contribution in [0.4, 0.5) is 18.9 Å². The fourth-order valence-electron chi connectivity index (χ4n) is 0.952. The molecule has 0 fully saturated rings. The zero-order valence-corrected chi connectivity index (χ0v) is 6.96. The van der Waals surface area contributed by atoms with Crippen LogP contribution in [0.5, 0.6) is 0 Å². The van der Waals surface area contributed by atoms with Gasteiger partial charge in [0.2, 0.25) is 11.6 Å². The molecule has 0 aliphatic heterocycles. The summed E-state index contributed by atoms with van der Waals surface area (Å²) in [5.74, 6) is -7.20. The van der Waals surface area contributed by atoms with E-state index in [0.717, 1.165) is 0 Å². The number of rotatable bonds is 2. The second-order valence-electron chi connectivity index (χ2n) is 2.50. The van der Waals surface area contributed by atoms with Crippen LogP contribution in [0.3, 0.4) is 0 Å². The van der Waals surface area contributed by atoms with Crippen molar-refractivity contribution in [3.8, 4) is 0 Å². The molecular formula is C7H3F3N2O3. The summed E-state index contributed by atoms with van der Waals surface area (Å²) in [5, 5.41) is 10.3. The average molecular weight is 220 g/mol. The Balaban J connectivity index is 3.65. The topological polar surface area (TPSA) is 86.2 Å². The predicted octanol–water partition coefficient (Wildman–Crippen LogP) is 1.11. The van der Waals surface area contributed by atoms with Gasteiger partial charge in [0.05, 0.1) is 4.92 Å². The van der Waals surface area contributed by atoms with E-state index in [1.165, 1.54) is 0 Å². The molecule has 0 radical (unpaired) electrons. The van der Waals surface area contributed by atoms with Crippen molar-refractivity contribution in [2.24, 2.45) is 5.73 Å². The molecule has 1 amide bonds. The van der Waals surface area contributed by atoms with Gasteiger partial charge in [-0.2, -0.15) is 4.39 Å². The fourth-order valence-corrected chi connectivity index (χ4v) is 0.952. The molecule has 0 spiro atoms. The highest BCUT2D eigenvalue weighted by Crippen LogP contribution is 2.26. The van der Waals surface area contributed by atoms with E-state index < -0.39 is 39.5 Å². The third-order valence-electron chi connectivity index (χ3n) is 1.58. The first-order chi connectivity index (χ1) is 6.86. The van der Waals surface area contributed by atoms with Crippen molar-refractivity contribution >= 4 is 11.6 Å². The Morgan fingerprint density at radius 2 is 1.87 bits per heavy atom. The highest BCUT2D eigenvalue weighted by atomic mass is 19.2. The molecule has 1 rings (SSSR count). The number of nitro groups is 1. The lowest BCUT2D eigenvalue weighted by Crippen LogP contribution is -2.16. The molecule has 0 heterocycles. The van der Waals surface area contributed by atoms with Crippen molar-refractivity contribution in [3.63, 3.8) is 0 Å². The number of halogens is 3. The molecule has 15 heavy (non-hydrogen) atoms. The Morgan fingerprint density at radius 3 is 2.27 bits per heavy atom. The molecule has 8 heteroatoms. The molecular weight excluding hydrogens is 217 g/mol. The summed E-state index contributed by atoms with van der Waals surface area (Å²) >= 11 is 0. The number of nitro benzene ring substituents is 1. The molecule has 1 aromatic rings. The van der Waals surface area contributed by atoms with Gasteiger partial charge >= 0.3 is 5.69 Å². The normalized spacial score (nSPS) is 10.1. The van der Waals surface area contributed by atoms with Crippen LogP contribution in [-0.4, -0.2) is 10.8 Å². The van der Waals surface area contributed by atoms with Crippen LogP contribution in [-0.2, 0) is 0 Å². The number of nitrogens with zero attached hydrogens (tertiary/aromatic N) is 1. The van der Waals surface area contributed by atoms with E-state index >= 15 is 0 Å². The third-order valence-corrected chi connectivity index (χ3v) is 1.58. The Morgan fingerprint density at radius 1 is 1.33 bits per heavy atom. The lowest BCUT2D eigenvalue weighted by molar-refractivity contribution is -0.388. The molecule has 0 atom stereocenters. The number of hydrogen-bond donors (Lipinski definition) is 1. The smallest absolute Gasteiger partial charge is 0.320 e. The zero-order chi connectivity index (χ0) is 11.7. The van der Waals surface area contributed by atoms with E-state index in [4.69, 9.17) is 0 Å². The fraction of sp³-hybridized carbons (Fsp3) is 0. The van der Waals surface area contributed by atoms with Crippen molar-refractivity contribution in [1.29, 1.82) is 0 Å². The average Bonchev–Trinajstić information content (AvgIpc) is 2.12. The van der Waals surface area contributed by atoms with E-state index in [-0.39, 0.29) is 6.07 Å². The number of amides is 1. The van der Waals surface area contributed by atoms with Crippen LogP contribution in [0.25, 0.3) is 0 Å². The highest BCUT2D eigenvalue weighted by Gasteiger charge is 2.29. The molecule has 1 aromatic carbocycles. The van der Waals surface area contributed by atoms with Gasteiger partial charge in [-0.1, -0.05) is 0 Å². The maximum Gasteiger partial charge on any atom is 0.320 e. The van der Waals surface area contributed by atoms with E-state index in [9.17, 15) is 28.1 Å². The molecule has 0 unspecified atom stereocenters. The Kier molecular flexibility index (Phi) is 2.60. The maximum atomic E-state index is 12.9. The summed E-state index contributed by atoms with van der Waals surface area (Å²) in [4.78, 5) is 19.5. The third kappa shape index (κ3) is 1.73. The van der Waals surface area contributed by atoms with Gasteiger partial charge in [-0.05, 0) is 6.07 Å². The zero-order valence-electron chi connectivity index (χ0n) is 6.96. The van der Waals surface area contributed by atoms with Gasteiger partial charge in [0.25, 0.3) is 5.91 Å². The monoisotopic (exact) mass is 220 g/mol. The van der Waals surface area contributed by atoms with Crippen LogP contribution in [0.2, 0.25) is 0 Å². The summed E-state index contributed by atoms with van der Waals surface area (Å²) in [7, 11) is 0. The van der Waals surface area contributed by atoms with E-state index in [2.05, 4.69) is 5.73 Å². The van der Waals surface area contributed by atoms with Crippen molar-refractivity contribution < 1.29 is 22.9 Å². The van der Waals surface area contributed by atoms with Crippen LogP contribution in [0, 0.1) is 27.6 Å². The van der Waals surface area contributed by atoms with E-state index in [1.807, 2.05) is 0 Å². The number of primary amides is 1. The summed E-state index contributed by atoms with van der Waals surface area (Å²) in [6, 6.07) is 0.179. The first-order valence-corrected chi connectivity index (χ1v) is 3.48. The van der Waals surface area contributed by atoms with Crippen LogP contribution in [0.15, 0.2) is 6.07 Å². The van der Waals surface area contributed by atoms with Crippen molar-refractivity contribution in [3.05, 3.63) is 39.2 Å². The number of benzene rings is 1. The lowest BCUT2D eigenvalue weighted by Gasteiger charge is -2.01. The van der Waals surface area contributed by atoms with Gasteiger partial charge in [-0.15, -0.1) is 0 Å². The number of carbonyl (C=O) groups is 1. The van der Waals surface area contributed by atoms with Gasteiger partial charge in [-0.3, -0.25) is 14.9 Å². The predicted molar refractivity (Wildman–Crippen MR) is 41.5 cm³/mol. The molecule has 0 bridgehead atoms. The van der Waals surface area contributed by atoms with Gasteiger partial charge < -0.3 is 5.73 Å². The SMILES string of the molecule is NC(=O)c1cc(F)c(F)c(F)c1[N+](=O)[O-]. The van der Waals surface area contributed by atoms with Crippen LogP contribution in [0.1, 0.15) is 10.4 Å². The second-order valence-corrected chi connectivity index (χ2v) is 2.50. The molecule has 0 aliphatic rings. The van der Waals surface area contributed by atoms with Crippen molar-refractivity contribution in [2.45, 2.75) is 0 Å². The standard InChI is InChI=1S/C7H3F3N2O3/c8-3-1-2(7(11)13)6(12(14)15)5(10)4(3)9/h1H,(H2,11,13). The Hall–Kier alpha value is -2.12. The van der Waals surface area contributed by atoms with Gasteiger partial charge in [0, 0.05) is 0 Å². The number of nitrogens with two attached hydrogens (primary N) is 1. The summed E-state index contributed by atoms with van der Waals surface area (Å²) in [5.41, 5.74) is 2.15. The Labute approximate surface area is 80.4 Å². The molecule has 5 nitrogen and oxygen atoms in total. The van der Waals surface area contributed by atoms with E-state index in [0.29, 0.717) is 0 Å². The molecule has 0 aliphatic carbocycles. The first-order valence-electron chi connectivity index (χ1n) is 3.48. The lowest BCUT2D eigenvalue weighted by atomic mass is 10.1. The number of carbonyl (C=O) groups excluding carboxylic acids is 1. The van der Waals surface area contributed by atoms with Crippen LogP contribution >= 0.6 is 0 Å². The van der Waals surface area contributed by atoms with E-state index in [1.54, 1.807) is 0 Å². The van der Waals surface area contributed by atoms with Crippen LogP contribution < -0.4 is 5.73 Å². The second kappa shape index (κ2) is 3.56. The quantitative estimate of drug-likeness (QED) is 0.460. The minimum atomic E-state index is -2.05. The number of hydrogen-bond acceptors (Lipinski definition) is 3. The van der Waals surface area contributed by atoms with Gasteiger partial charge in [0.1, 0.15) is 5.56 Å². The molecule has 80 valence electrons. The molecule has 0 aromatic heterocycles. The molecule has 2 N–H and O–H groups in total. The molecule has 0 saturated carbocycles. The minimum absolute atomic E-state index is 0.179. The summed E-state index contributed by atoms with van der Waals surface area (Å²) in [6.07, 6.45) is 0. The summed E-state index contributed by atoms with van der Waals surface area (Å²) < 4.78 is 38.1. The van der Waals surface area contributed by atoms with Crippen molar-refractivity contribution in [1.82, 2.24) is 0 Å². The highest BCUT2D eigenvalue weighted by molar-refractivity contribution is 5.97. The summed E-state index contributed by atoms with van der Waals surface area (Å²) in [6.45, 7) is 0. The van der Waals surface area contributed by atoms with Gasteiger partial charge in [0.15, 0.2) is 5.82 Å². The first kappa shape index (κ1) is 11.0.